The Balaban J connectivity index is 1.87. The highest BCUT2D eigenvalue weighted by Crippen LogP contribution is 2.42. The van der Waals surface area contributed by atoms with E-state index in [4.69, 9.17) is 13.9 Å². The molecule has 0 aliphatic carbocycles. The van der Waals surface area contributed by atoms with Gasteiger partial charge >= 0.3 is 0 Å². The minimum Gasteiger partial charge on any atom is -0.507 e. The van der Waals surface area contributed by atoms with Crippen LogP contribution in [0, 0.1) is 0 Å². The van der Waals surface area contributed by atoms with Gasteiger partial charge in [-0.1, -0.05) is 26.0 Å². The van der Waals surface area contributed by atoms with Gasteiger partial charge in [0.05, 0.1) is 37.6 Å². The zero-order chi connectivity index (χ0) is 25.8. The number of carbonyl (C=O) groups is 2. The molecule has 36 heavy (non-hydrogen) atoms. The fraction of sp³-hybridized carbons (Fsp3) is 0.310. The number of aliphatic hydroxyl groups excluding tert-OH is 1. The average molecular weight is 490 g/mol. The fourth-order valence-corrected chi connectivity index (χ4v) is 4.49. The summed E-state index contributed by atoms with van der Waals surface area (Å²) in [6.07, 6.45) is 1.52. The lowest BCUT2D eigenvalue weighted by molar-refractivity contribution is -0.140. The van der Waals surface area contributed by atoms with Crippen molar-refractivity contribution in [2.45, 2.75) is 46.2 Å². The number of nitrogens with zero attached hydrogens (tertiary/aromatic N) is 1. The summed E-state index contributed by atoms with van der Waals surface area (Å²) < 4.78 is 16.9. The topological polar surface area (TPSA) is 89.2 Å². The summed E-state index contributed by atoms with van der Waals surface area (Å²) in [5.41, 5.74) is 2.03. The standard InChI is InChI=1S/C29H31NO6/c1-5-34-21-10-7-9-19(15-21)26-25(28(32)29(33)30(26)17-22-11-8-14-36-22)27(31)20-12-13-24(35-6-2)23(16-20)18(3)4/h7-16,18,26,31H,5-6,17H2,1-4H3/b27-25+. The van der Waals surface area contributed by atoms with E-state index in [9.17, 15) is 14.7 Å². The van der Waals surface area contributed by atoms with Crippen molar-refractivity contribution in [3.8, 4) is 11.5 Å². The number of hydrogen-bond donors (Lipinski definition) is 1. The van der Waals surface area contributed by atoms with Gasteiger partial charge in [-0.25, -0.2) is 0 Å². The van der Waals surface area contributed by atoms with Crippen LogP contribution in [-0.2, 0) is 16.1 Å². The molecule has 188 valence electrons. The minimum absolute atomic E-state index is 0.0269. The van der Waals surface area contributed by atoms with Crippen molar-refractivity contribution >= 4 is 17.4 Å². The number of amides is 1. The molecule has 2 heterocycles. The summed E-state index contributed by atoms with van der Waals surface area (Å²) in [5, 5.41) is 11.5. The van der Waals surface area contributed by atoms with Crippen LogP contribution in [-0.4, -0.2) is 34.9 Å². The van der Waals surface area contributed by atoms with Crippen LogP contribution in [0.5, 0.6) is 11.5 Å². The first-order chi connectivity index (χ1) is 17.3. The lowest BCUT2D eigenvalue weighted by atomic mass is 9.93. The van der Waals surface area contributed by atoms with E-state index >= 15 is 0 Å². The number of rotatable bonds is 9. The van der Waals surface area contributed by atoms with Gasteiger partial charge in [0.15, 0.2) is 0 Å². The first kappa shape index (κ1) is 25.1. The Hall–Kier alpha value is -4.00. The van der Waals surface area contributed by atoms with Crippen molar-refractivity contribution in [1.29, 1.82) is 0 Å². The number of likely N-dealkylation sites (tertiary alicyclic amines) is 1. The van der Waals surface area contributed by atoms with Gasteiger partial charge in [0, 0.05) is 5.56 Å². The van der Waals surface area contributed by atoms with Gasteiger partial charge in [-0.2, -0.15) is 0 Å². The molecule has 0 bridgehead atoms. The third kappa shape index (κ3) is 4.87. The highest BCUT2D eigenvalue weighted by atomic mass is 16.5. The van der Waals surface area contributed by atoms with Gasteiger partial charge in [0.2, 0.25) is 0 Å². The summed E-state index contributed by atoms with van der Waals surface area (Å²) in [5.74, 6) is 0.322. The van der Waals surface area contributed by atoms with Crippen LogP contribution in [0.15, 0.2) is 70.9 Å². The Morgan fingerprint density at radius 3 is 2.47 bits per heavy atom. The van der Waals surface area contributed by atoms with Gasteiger partial charge < -0.3 is 23.9 Å². The maximum absolute atomic E-state index is 13.3. The first-order valence-corrected chi connectivity index (χ1v) is 12.2. The number of benzene rings is 2. The van der Waals surface area contributed by atoms with Gasteiger partial charge in [-0.15, -0.1) is 0 Å². The molecule has 1 aromatic heterocycles. The largest absolute Gasteiger partial charge is 0.507 e. The normalized spacial score (nSPS) is 17.1. The molecule has 1 N–H and O–H groups in total. The molecule has 0 saturated carbocycles. The number of aliphatic hydroxyl groups is 1. The SMILES string of the molecule is CCOc1cccc(C2/C(=C(\O)c3ccc(OCC)c(C(C)C)c3)C(=O)C(=O)N2Cc2ccco2)c1. The van der Waals surface area contributed by atoms with Crippen molar-refractivity contribution < 1.29 is 28.6 Å². The summed E-state index contributed by atoms with van der Waals surface area (Å²) >= 11 is 0. The lowest BCUT2D eigenvalue weighted by Gasteiger charge is -2.25. The summed E-state index contributed by atoms with van der Waals surface area (Å²) in [6, 6.07) is 15.2. The minimum atomic E-state index is -0.815. The summed E-state index contributed by atoms with van der Waals surface area (Å²) in [6.45, 7) is 8.92. The van der Waals surface area contributed by atoms with E-state index < -0.39 is 17.7 Å². The van der Waals surface area contributed by atoms with Gasteiger partial charge in [0.1, 0.15) is 23.0 Å². The average Bonchev–Trinajstić information content (AvgIpc) is 3.47. The van der Waals surface area contributed by atoms with E-state index in [1.165, 1.54) is 11.2 Å². The summed E-state index contributed by atoms with van der Waals surface area (Å²) in [4.78, 5) is 28.0. The molecule has 1 aliphatic heterocycles. The summed E-state index contributed by atoms with van der Waals surface area (Å²) in [7, 11) is 0. The first-order valence-electron chi connectivity index (χ1n) is 12.2. The Morgan fingerprint density at radius 2 is 1.81 bits per heavy atom. The molecule has 0 spiro atoms. The lowest BCUT2D eigenvalue weighted by Crippen LogP contribution is -2.29. The van der Waals surface area contributed by atoms with E-state index in [2.05, 4.69) is 0 Å². The third-order valence-corrected chi connectivity index (χ3v) is 6.14. The molecular weight excluding hydrogens is 458 g/mol. The van der Waals surface area contributed by atoms with Crippen molar-refractivity contribution in [3.05, 3.63) is 88.9 Å². The predicted molar refractivity (Wildman–Crippen MR) is 136 cm³/mol. The highest BCUT2D eigenvalue weighted by Gasteiger charge is 2.46. The van der Waals surface area contributed by atoms with Gasteiger partial charge in [-0.05, 0) is 73.4 Å². The molecule has 1 saturated heterocycles. The van der Waals surface area contributed by atoms with E-state index in [0.717, 1.165) is 11.3 Å². The Kier molecular flexibility index (Phi) is 7.48. The van der Waals surface area contributed by atoms with Crippen LogP contribution in [0.4, 0.5) is 0 Å². The second-order valence-electron chi connectivity index (χ2n) is 8.85. The highest BCUT2D eigenvalue weighted by molar-refractivity contribution is 6.46. The van der Waals surface area contributed by atoms with Crippen molar-refractivity contribution in [2.75, 3.05) is 13.2 Å². The predicted octanol–water partition coefficient (Wildman–Crippen LogP) is 5.82. The zero-order valence-corrected chi connectivity index (χ0v) is 21.0. The maximum Gasteiger partial charge on any atom is 0.296 e. The molecule has 1 amide bonds. The molecule has 1 fully saturated rings. The Labute approximate surface area is 210 Å². The zero-order valence-electron chi connectivity index (χ0n) is 21.0. The van der Waals surface area contributed by atoms with Crippen LogP contribution in [0.25, 0.3) is 5.76 Å². The smallest absolute Gasteiger partial charge is 0.296 e. The van der Waals surface area contributed by atoms with Crippen LogP contribution in [0.1, 0.15) is 62.1 Å². The van der Waals surface area contributed by atoms with Crippen LogP contribution in [0.3, 0.4) is 0 Å². The van der Waals surface area contributed by atoms with Crippen molar-refractivity contribution in [1.82, 2.24) is 4.90 Å². The molecule has 4 rings (SSSR count). The number of furan rings is 1. The fourth-order valence-electron chi connectivity index (χ4n) is 4.49. The number of ether oxygens (including phenoxy) is 2. The molecule has 1 atom stereocenters. The van der Waals surface area contributed by atoms with E-state index in [1.807, 2.05) is 45.9 Å². The van der Waals surface area contributed by atoms with E-state index in [0.29, 0.717) is 35.9 Å². The molecule has 0 radical (unpaired) electrons. The quantitative estimate of drug-likeness (QED) is 0.231. The molecule has 2 aromatic carbocycles. The van der Waals surface area contributed by atoms with Crippen LogP contribution in [0.2, 0.25) is 0 Å². The molecule has 1 aliphatic rings. The van der Waals surface area contributed by atoms with E-state index in [-0.39, 0.29) is 23.8 Å². The van der Waals surface area contributed by atoms with Crippen LogP contribution < -0.4 is 9.47 Å². The monoisotopic (exact) mass is 489 g/mol. The van der Waals surface area contributed by atoms with Crippen molar-refractivity contribution in [3.63, 3.8) is 0 Å². The van der Waals surface area contributed by atoms with Gasteiger partial charge in [-0.3, -0.25) is 9.59 Å². The number of carbonyl (C=O) groups excluding carboxylic acids is 2. The van der Waals surface area contributed by atoms with Crippen molar-refractivity contribution in [2.24, 2.45) is 0 Å². The molecule has 3 aromatic rings. The van der Waals surface area contributed by atoms with Crippen LogP contribution >= 0.6 is 0 Å². The number of hydrogen-bond acceptors (Lipinski definition) is 6. The molecule has 7 nitrogen and oxygen atoms in total. The Morgan fingerprint density at radius 1 is 1.03 bits per heavy atom. The third-order valence-electron chi connectivity index (χ3n) is 6.14. The van der Waals surface area contributed by atoms with E-state index in [1.54, 1.807) is 36.4 Å². The van der Waals surface area contributed by atoms with Gasteiger partial charge in [0.25, 0.3) is 11.7 Å². The Bertz CT molecular complexity index is 1270. The second-order valence-corrected chi connectivity index (χ2v) is 8.85. The molecular formula is C29H31NO6. The number of Topliss-reactive ketones (excluding diaryl/α,β-unsaturated/α-hetero) is 1. The molecule has 7 heteroatoms. The second kappa shape index (κ2) is 10.7. The number of ketones is 1. The molecule has 1 unspecified atom stereocenters. The maximum atomic E-state index is 13.3.